The largest absolute Gasteiger partial charge is 0.378 e. The third kappa shape index (κ3) is 2.42. The quantitative estimate of drug-likeness (QED) is 0.732. The van der Waals surface area contributed by atoms with Crippen LogP contribution in [0.5, 0.6) is 0 Å². The Morgan fingerprint density at radius 2 is 1.82 bits per heavy atom. The molecule has 0 aliphatic carbocycles. The van der Waals surface area contributed by atoms with Gasteiger partial charge in [-0.05, 0) is 56.9 Å². The molecular formula is C15H20O2. The molecule has 1 aromatic carbocycles. The van der Waals surface area contributed by atoms with Crippen LogP contribution in [-0.4, -0.2) is 18.5 Å². The van der Waals surface area contributed by atoms with Crippen molar-refractivity contribution in [3.05, 3.63) is 34.4 Å². The second-order valence-corrected chi connectivity index (χ2v) is 5.19. The van der Waals surface area contributed by atoms with Crippen LogP contribution in [0.2, 0.25) is 0 Å². The minimum absolute atomic E-state index is 0.0470. The van der Waals surface area contributed by atoms with Crippen molar-refractivity contribution in [1.29, 1.82) is 0 Å². The summed E-state index contributed by atoms with van der Waals surface area (Å²) in [4.78, 5) is 12.4. The number of ketones is 1. The van der Waals surface area contributed by atoms with E-state index in [1.807, 2.05) is 19.9 Å². The minimum Gasteiger partial charge on any atom is -0.378 e. The van der Waals surface area contributed by atoms with Crippen LogP contribution in [0, 0.1) is 26.7 Å². The van der Waals surface area contributed by atoms with Crippen molar-refractivity contribution in [2.75, 3.05) is 6.61 Å². The van der Waals surface area contributed by atoms with E-state index < -0.39 is 0 Å². The standard InChI is InChI=1S/C15H20O2/c1-9-5-11(3)14(6-10(9)2)15(16)13-7-12(4)17-8-13/h5-6,12-13H,7-8H2,1-4H3. The lowest BCUT2D eigenvalue weighted by Crippen LogP contribution is -2.16. The van der Waals surface area contributed by atoms with Crippen LogP contribution in [0.1, 0.15) is 40.4 Å². The lowest BCUT2D eigenvalue weighted by molar-refractivity contribution is 0.0877. The van der Waals surface area contributed by atoms with Gasteiger partial charge in [0.25, 0.3) is 0 Å². The Kier molecular flexibility index (Phi) is 3.34. The molecule has 0 amide bonds. The van der Waals surface area contributed by atoms with Crippen molar-refractivity contribution in [3.8, 4) is 0 Å². The van der Waals surface area contributed by atoms with Crippen LogP contribution < -0.4 is 0 Å². The fourth-order valence-corrected chi connectivity index (χ4v) is 2.45. The molecule has 0 bridgehead atoms. The van der Waals surface area contributed by atoms with Crippen molar-refractivity contribution in [3.63, 3.8) is 0 Å². The molecule has 1 aliphatic heterocycles. The van der Waals surface area contributed by atoms with Gasteiger partial charge in [-0.15, -0.1) is 0 Å². The Morgan fingerprint density at radius 1 is 1.18 bits per heavy atom. The van der Waals surface area contributed by atoms with Gasteiger partial charge in [-0.3, -0.25) is 4.79 Å². The number of aryl methyl sites for hydroxylation is 3. The minimum atomic E-state index is 0.0470. The Labute approximate surface area is 103 Å². The van der Waals surface area contributed by atoms with Gasteiger partial charge in [-0.1, -0.05) is 6.07 Å². The third-order valence-corrected chi connectivity index (χ3v) is 3.68. The Bertz CT molecular complexity index is 448. The second-order valence-electron chi connectivity index (χ2n) is 5.19. The number of benzene rings is 1. The first-order chi connectivity index (χ1) is 7.99. The van der Waals surface area contributed by atoms with E-state index in [0.29, 0.717) is 6.61 Å². The average molecular weight is 232 g/mol. The first kappa shape index (κ1) is 12.3. The Morgan fingerprint density at radius 3 is 2.41 bits per heavy atom. The van der Waals surface area contributed by atoms with Crippen molar-refractivity contribution in [1.82, 2.24) is 0 Å². The summed E-state index contributed by atoms with van der Waals surface area (Å²) in [7, 11) is 0. The maximum Gasteiger partial charge on any atom is 0.168 e. The lowest BCUT2D eigenvalue weighted by Gasteiger charge is -2.12. The molecule has 92 valence electrons. The summed E-state index contributed by atoms with van der Waals surface area (Å²) < 4.78 is 5.48. The molecule has 1 fully saturated rings. The number of hydrogen-bond donors (Lipinski definition) is 0. The summed E-state index contributed by atoms with van der Waals surface area (Å²) in [6, 6.07) is 4.12. The number of carbonyl (C=O) groups excluding carboxylic acids is 1. The molecule has 2 rings (SSSR count). The Balaban J connectivity index is 2.28. The van der Waals surface area contributed by atoms with E-state index in [4.69, 9.17) is 4.74 Å². The van der Waals surface area contributed by atoms with Crippen molar-refractivity contribution >= 4 is 5.78 Å². The molecule has 17 heavy (non-hydrogen) atoms. The van der Waals surface area contributed by atoms with Crippen LogP contribution in [0.15, 0.2) is 12.1 Å². The number of hydrogen-bond acceptors (Lipinski definition) is 2. The highest BCUT2D eigenvalue weighted by Gasteiger charge is 2.29. The first-order valence-electron chi connectivity index (χ1n) is 6.22. The van der Waals surface area contributed by atoms with Gasteiger partial charge in [0, 0.05) is 11.5 Å². The van der Waals surface area contributed by atoms with E-state index in [1.54, 1.807) is 0 Å². The van der Waals surface area contributed by atoms with Crippen LogP contribution in [-0.2, 0) is 4.74 Å². The maximum atomic E-state index is 12.4. The zero-order valence-corrected chi connectivity index (χ0v) is 11.0. The lowest BCUT2D eigenvalue weighted by atomic mass is 9.90. The monoisotopic (exact) mass is 232 g/mol. The van der Waals surface area contributed by atoms with Crippen molar-refractivity contribution in [2.45, 2.75) is 40.2 Å². The second kappa shape index (κ2) is 4.61. The molecule has 0 aromatic heterocycles. The molecule has 1 aliphatic rings. The van der Waals surface area contributed by atoms with Gasteiger partial charge in [-0.25, -0.2) is 0 Å². The van der Waals surface area contributed by atoms with Gasteiger partial charge in [-0.2, -0.15) is 0 Å². The van der Waals surface area contributed by atoms with E-state index in [1.165, 1.54) is 11.1 Å². The van der Waals surface area contributed by atoms with Gasteiger partial charge in [0.05, 0.1) is 12.7 Å². The smallest absolute Gasteiger partial charge is 0.168 e. The molecule has 1 saturated heterocycles. The number of ether oxygens (including phenoxy) is 1. The number of rotatable bonds is 2. The summed E-state index contributed by atoms with van der Waals surface area (Å²) in [5.74, 6) is 0.292. The SMILES string of the molecule is Cc1cc(C)c(C(=O)C2COC(C)C2)cc1C. The molecule has 0 saturated carbocycles. The topological polar surface area (TPSA) is 26.3 Å². The average Bonchev–Trinajstić information content (AvgIpc) is 2.69. The van der Waals surface area contributed by atoms with Crippen LogP contribution in [0.25, 0.3) is 0 Å². The third-order valence-electron chi connectivity index (χ3n) is 3.68. The maximum absolute atomic E-state index is 12.4. The van der Waals surface area contributed by atoms with Crippen molar-refractivity contribution < 1.29 is 9.53 Å². The van der Waals surface area contributed by atoms with E-state index in [-0.39, 0.29) is 17.8 Å². The first-order valence-corrected chi connectivity index (χ1v) is 6.22. The number of Topliss-reactive ketones (excluding diaryl/α,β-unsaturated/α-hetero) is 1. The van der Waals surface area contributed by atoms with E-state index >= 15 is 0 Å². The highest BCUT2D eigenvalue weighted by Crippen LogP contribution is 2.25. The zero-order chi connectivity index (χ0) is 12.6. The van der Waals surface area contributed by atoms with E-state index in [9.17, 15) is 4.79 Å². The predicted molar refractivity (Wildman–Crippen MR) is 68.5 cm³/mol. The fourth-order valence-electron chi connectivity index (χ4n) is 2.45. The van der Waals surface area contributed by atoms with E-state index in [0.717, 1.165) is 17.5 Å². The summed E-state index contributed by atoms with van der Waals surface area (Å²) in [6.45, 7) is 8.75. The fraction of sp³-hybridized carbons (Fsp3) is 0.533. The highest BCUT2D eigenvalue weighted by atomic mass is 16.5. The molecular weight excluding hydrogens is 212 g/mol. The number of carbonyl (C=O) groups is 1. The van der Waals surface area contributed by atoms with Gasteiger partial charge in [0.15, 0.2) is 5.78 Å². The molecule has 1 aromatic rings. The van der Waals surface area contributed by atoms with Gasteiger partial charge in [0.2, 0.25) is 0 Å². The van der Waals surface area contributed by atoms with Crippen LogP contribution >= 0.6 is 0 Å². The summed E-state index contributed by atoms with van der Waals surface area (Å²) in [5, 5.41) is 0. The molecule has 0 radical (unpaired) electrons. The van der Waals surface area contributed by atoms with Gasteiger partial charge < -0.3 is 4.74 Å². The summed E-state index contributed by atoms with van der Waals surface area (Å²) in [5.41, 5.74) is 4.38. The van der Waals surface area contributed by atoms with Crippen LogP contribution in [0.4, 0.5) is 0 Å². The Hall–Kier alpha value is -1.15. The van der Waals surface area contributed by atoms with Gasteiger partial charge >= 0.3 is 0 Å². The zero-order valence-electron chi connectivity index (χ0n) is 11.0. The normalized spacial score (nSPS) is 24.0. The molecule has 2 heteroatoms. The molecule has 2 atom stereocenters. The molecule has 2 unspecified atom stereocenters. The van der Waals surface area contributed by atoms with Gasteiger partial charge in [0.1, 0.15) is 0 Å². The summed E-state index contributed by atoms with van der Waals surface area (Å²) >= 11 is 0. The predicted octanol–water partition coefficient (Wildman–Crippen LogP) is 3.22. The summed E-state index contributed by atoms with van der Waals surface area (Å²) in [6.07, 6.45) is 1.07. The van der Waals surface area contributed by atoms with Crippen molar-refractivity contribution in [2.24, 2.45) is 5.92 Å². The van der Waals surface area contributed by atoms with Crippen LogP contribution in [0.3, 0.4) is 0 Å². The molecule has 0 spiro atoms. The molecule has 1 heterocycles. The van der Waals surface area contributed by atoms with E-state index in [2.05, 4.69) is 19.9 Å². The molecule has 2 nitrogen and oxygen atoms in total. The molecule has 0 N–H and O–H groups in total. The highest BCUT2D eigenvalue weighted by molar-refractivity contribution is 5.99.